The number of carboxylic acid groups (broad SMARTS) is 1. The third-order valence-corrected chi connectivity index (χ3v) is 4.06. The summed E-state index contributed by atoms with van der Waals surface area (Å²) in [5.41, 5.74) is 0. The van der Waals surface area contributed by atoms with Gasteiger partial charge >= 0.3 is 12.0 Å². The molecule has 0 aromatic carbocycles. The first-order chi connectivity index (χ1) is 9.09. The fourth-order valence-electron chi connectivity index (χ4n) is 2.86. The summed E-state index contributed by atoms with van der Waals surface area (Å²) in [6.07, 6.45) is 3.83. The van der Waals surface area contributed by atoms with E-state index in [0.29, 0.717) is 19.5 Å². The summed E-state index contributed by atoms with van der Waals surface area (Å²) in [5, 5.41) is 9.10. The first-order valence-corrected chi connectivity index (χ1v) is 7.06. The molecule has 2 fully saturated rings. The van der Waals surface area contributed by atoms with Crippen LogP contribution in [-0.2, 0) is 4.79 Å². The van der Waals surface area contributed by atoms with Crippen molar-refractivity contribution in [2.24, 2.45) is 0 Å². The first kappa shape index (κ1) is 14.1. The predicted octanol–water partition coefficient (Wildman–Crippen LogP) is 0.683. The van der Waals surface area contributed by atoms with Gasteiger partial charge in [-0.25, -0.2) is 9.59 Å². The second-order valence-corrected chi connectivity index (χ2v) is 5.44. The number of carboxylic acids is 1. The number of carbonyl (C=O) groups excluding carboxylic acids is 1. The zero-order valence-electron chi connectivity index (χ0n) is 11.5. The van der Waals surface area contributed by atoms with Gasteiger partial charge in [-0.1, -0.05) is 0 Å². The molecule has 0 aromatic rings. The van der Waals surface area contributed by atoms with Gasteiger partial charge in [0.15, 0.2) is 0 Å². The number of likely N-dealkylation sites (tertiary alicyclic amines) is 2. The van der Waals surface area contributed by atoms with Gasteiger partial charge in [-0.3, -0.25) is 0 Å². The lowest BCUT2D eigenvalue weighted by Gasteiger charge is -2.28. The van der Waals surface area contributed by atoms with Crippen LogP contribution in [-0.4, -0.2) is 77.6 Å². The van der Waals surface area contributed by atoms with Crippen molar-refractivity contribution in [3.8, 4) is 0 Å². The number of hydrogen-bond donors (Lipinski definition) is 1. The molecule has 1 unspecified atom stereocenters. The summed E-state index contributed by atoms with van der Waals surface area (Å²) >= 11 is 0. The lowest BCUT2D eigenvalue weighted by atomic mass is 10.2. The molecule has 1 N–H and O–H groups in total. The Morgan fingerprint density at radius 2 is 1.89 bits per heavy atom. The van der Waals surface area contributed by atoms with Crippen molar-refractivity contribution in [2.45, 2.75) is 31.7 Å². The van der Waals surface area contributed by atoms with Crippen LogP contribution in [0.25, 0.3) is 0 Å². The minimum Gasteiger partial charge on any atom is -0.480 e. The van der Waals surface area contributed by atoms with Crippen molar-refractivity contribution in [1.29, 1.82) is 0 Å². The van der Waals surface area contributed by atoms with Gasteiger partial charge in [0, 0.05) is 26.7 Å². The molecule has 19 heavy (non-hydrogen) atoms. The molecule has 108 valence electrons. The van der Waals surface area contributed by atoms with Gasteiger partial charge < -0.3 is 19.8 Å². The van der Waals surface area contributed by atoms with Crippen molar-refractivity contribution < 1.29 is 14.7 Å². The Morgan fingerprint density at radius 3 is 2.53 bits per heavy atom. The lowest BCUT2D eigenvalue weighted by Crippen LogP contribution is -2.48. The van der Waals surface area contributed by atoms with Crippen LogP contribution < -0.4 is 0 Å². The van der Waals surface area contributed by atoms with E-state index in [4.69, 9.17) is 5.11 Å². The number of aliphatic carboxylic acids is 1. The number of amides is 2. The van der Waals surface area contributed by atoms with Crippen LogP contribution in [0.5, 0.6) is 0 Å². The normalized spacial score (nSPS) is 23.8. The maximum atomic E-state index is 12.2. The molecule has 2 saturated heterocycles. The number of hydrogen-bond acceptors (Lipinski definition) is 3. The van der Waals surface area contributed by atoms with E-state index < -0.39 is 12.0 Å². The Balaban J connectivity index is 1.82. The molecule has 0 spiro atoms. The molecule has 2 aliphatic rings. The highest BCUT2D eigenvalue weighted by atomic mass is 16.4. The summed E-state index contributed by atoms with van der Waals surface area (Å²) in [7, 11) is 1.76. The van der Waals surface area contributed by atoms with Crippen LogP contribution in [0.2, 0.25) is 0 Å². The maximum Gasteiger partial charge on any atom is 0.326 e. The molecule has 2 rings (SSSR count). The molecule has 2 heterocycles. The zero-order chi connectivity index (χ0) is 13.8. The maximum absolute atomic E-state index is 12.2. The number of nitrogens with zero attached hydrogens (tertiary/aromatic N) is 3. The molecule has 0 saturated carbocycles. The molecule has 0 aromatic heterocycles. The molecule has 6 nitrogen and oxygen atoms in total. The molecule has 6 heteroatoms. The van der Waals surface area contributed by atoms with E-state index in [1.54, 1.807) is 11.9 Å². The van der Waals surface area contributed by atoms with Crippen LogP contribution >= 0.6 is 0 Å². The SMILES string of the molecule is CN(CCN1CCCC1)C(=O)N1CCCC1C(=O)O. The second kappa shape index (κ2) is 6.23. The molecule has 0 bridgehead atoms. The predicted molar refractivity (Wildman–Crippen MR) is 71.1 cm³/mol. The van der Waals surface area contributed by atoms with Crippen LogP contribution in [0.15, 0.2) is 0 Å². The average molecular weight is 269 g/mol. The standard InChI is InChI=1S/C13H23N3O3/c1-14(9-10-15-6-2-3-7-15)13(19)16-8-4-5-11(16)12(17)18/h11H,2-10H2,1H3,(H,17,18). The van der Waals surface area contributed by atoms with Gasteiger partial charge in [0.1, 0.15) is 6.04 Å². The van der Waals surface area contributed by atoms with E-state index in [9.17, 15) is 9.59 Å². The van der Waals surface area contributed by atoms with Crippen LogP contribution in [0.4, 0.5) is 4.79 Å². The van der Waals surface area contributed by atoms with Crippen LogP contribution in [0.1, 0.15) is 25.7 Å². The zero-order valence-corrected chi connectivity index (χ0v) is 11.5. The molecule has 2 amide bonds. The Morgan fingerprint density at radius 1 is 1.21 bits per heavy atom. The van der Waals surface area contributed by atoms with Gasteiger partial charge in [0.05, 0.1) is 0 Å². The van der Waals surface area contributed by atoms with Gasteiger partial charge in [-0.2, -0.15) is 0 Å². The van der Waals surface area contributed by atoms with Crippen molar-refractivity contribution >= 4 is 12.0 Å². The number of likely N-dealkylation sites (N-methyl/N-ethyl adjacent to an activating group) is 1. The largest absolute Gasteiger partial charge is 0.480 e. The van der Waals surface area contributed by atoms with Crippen molar-refractivity contribution in [3.05, 3.63) is 0 Å². The fraction of sp³-hybridized carbons (Fsp3) is 0.846. The van der Waals surface area contributed by atoms with Gasteiger partial charge in [-0.05, 0) is 38.8 Å². The average Bonchev–Trinajstić information content (AvgIpc) is 3.05. The van der Waals surface area contributed by atoms with E-state index in [1.807, 2.05) is 0 Å². The number of urea groups is 1. The fourth-order valence-corrected chi connectivity index (χ4v) is 2.86. The smallest absolute Gasteiger partial charge is 0.326 e. The van der Waals surface area contributed by atoms with Crippen molar-refractivity contribution in [1.82, 2.24) is 14.7 Å². The van der Waals surface area contributed by atoms with Gasteiger partial charge in [0.2, 0.25) is 0 Å². The molecule has 2 aliphatic heterocycles. The quantitative estimate of drug-likeness (QED) is 0.815. The Bertz CT molecular complexity index is 342. The van der Waals surface area contributed by atoms with E-state index in [0.717, 1.165) is 26.1 Å². The third kappa shape index (κ3) is 3.37. The molecule has 1 atom stereocenters. The Hall–Kier alpha value is -1.30. The minimum absolute atomic E-state index is 0.149. The molecule has 0 radical (unpaired) electrons. The van der Waals surface area contributed by atoms with Crippen molar-refractivity contribution in [3.63, 3.8) is 0 Å². The summed E-state index contributed by atoms with van der Waals surface area (Å²) < 4.78 is 0. The second-order valence-electron chi connectivity index (χ2n) is 5.44. The van der Waals surface area contributed by atoms with E-state index in [1.165, 1.54) is 17.7 Å². The summed E-state index contributed by atoms with van der Waals surface area (Å²) in [4.78, 5) is 28.8. The molecule has 0 aliphatic carbocycles. The minimum atomic E-state index is -0.890. The topological polar surface area (TPSA) is 64.1 Å². The van der Waals surface area contributed by atoms with Gasteiger partial charge in [-0.15, -0.1) is 0 Å². The third-order valence-electron chi connectivity index (χ3n) is 4.06. The molecular weight excluding hydrogens is 246 g/mol. The van der Waals surface area contributed by atoms with Gasteiger partial charge in [0.25, 0.3) is 0 Å². The Labute approximate surface area is 114 Å². The number of rotatable bonds is 4. The highest BCUT2D eigenvalue weighted by Crippen LogP contribution is 2.19. The van der Waals surface area contributed by atoms with Crippen LogP contribution in [0.3, 0.4) is 0 Å². The number of carbonyl (C=O) groups is 2. The summed E-state index contributed by atoms with van der Waals surface area (Å²) in [6.45, 7) is 4.34. The van der Waals surface area contributed by atoms with Crippen molar-refractivity contribution in [2.75, 3.05) is 39.8 Å². The van der Waals surface area contributed by atoms with E-state index >= 15 is 0 Å². The van der Waals surface area contributed by atoms with E-state index in [2.05, 4.69) is 4.90 Å². The molecular formula is C13H23N3O3. The highest BCUT2D eigenvalue weighted by molar-refractivity contribution is 5.83. The van der Waals surface area contributed by atoms with Crippen LogP contribution in [0, 0.1) is 0 Å². The highest BCUT2D eigenvalue weighted by Gasteiger charge is 2.35. The Kier molecular flexibility index (Phi) is 4.63. The van der Waals surface area contributed by atoms with E-state index in [-0.39, 0.29) is 6.03 Å². The lowest BCUT2D eigenvalue weighted by molar-refractivity contribution is -0.141. The first-order valence-electron chi connectivity index (χ1n) is 7.06. The monoisotopic (exact) mass is 269 g/mol. The summed E-state index contributed by atoms with van der Waals surface area (Å²) in [5.74, 6) is -0.890. The summed E-state index contributed by atoms with van der Waals surface area (Å²) in [6, 6.07) is -0.786.